The van der Waals surface area contributed by atoms with Gasteiger partial charge in [-0.15, -0.1) is 0 Å². The fourth-order valence-electron chi connectivity index (χ4n) is 4.08. The molecule has 1 fully saturated rings. The summed E-state index contributed by atoms with van der Waals surface area (Å²) in [6.07, 6.45) is 0.745. The van der Waals surface area contributed by atoms with Crippen molar-refractivity contribution in [3.8, 4) is 0 Å². The molecule has 1 saturated heterocycles. The largest absolute Gasteiger partial charge is 0.368 e. The van der Waals surface area contributed by atoms with E-state index in [1.165, 1.54) is 36.4 Å². The Labute approximate surface area is 187 Å². The molecule has 3 aromatic carbocycles. The van der Waals surface area contributed by atoms with Gasteiger partial charge in [0.1, 0.15) is 11.6 Å². The highest BCUT2D eigenvalue weighted by atomic mass is 19.1. The lowest BCUT2D eigenvalue weighted by Gasteiger charge is -2.37. The highest BCUT2D eigenvalue weighted by Crippen LogP contribution is 2.25. The normalized spacial score (nSPS) is 14.8. The summed E-state index contributed by atoms with van der Waals surface area (Å²) in [6.45, 7) is 5.46. The predicted octanol–water partition coefficient (Wildman–Crippen LogP) is 5.17. The van der Waals surface area contributed by atoms with E-state index in [2.05, 4.69) is 27.2 Å². The molecule has 0 saturated carbocycles. The Morgan fingerprint density at radius 1 is 0.844 bits per heavy atom. The summed E-state index contributed by atoms with van der Waals surface area (Å²) in [6, 6.07) is 20.3. The molecule has 4 nitrogen and oxygen atoms in total. The molecule has 32 heavy (non-hydrogen) atoms. The lowest BCUT2D eigenvalue weighted by molar-refractivity contribution is 0.0935. The van der Waals surface area contributed by atoms with Crippen molar-refractivity contribution in [1.82, 2.24) is 5.32 Å². The first-order valence-corrected chi connectivity index (χ1v) is 11.0. The van der Waals surface area contributed by atoms with E-state index >= 15 is 0 Å². The third-order valence-electron chi connectivity index (χ3n) is 5.93. The average Bonchev–Trinajstić information content (AvgIpc) is 2.83. The third kappa shape index (κ3) is 5.07. The second kappa shape index (κ2) is 9.81. The van der Waals surface area contributed by atoms with Crippen LogP contribution in [0, 0.1) is 11.6 Å². The molecule has 0 aromatic heterocycles. The summed E-state index contributed by atoms with van der Waals surface area (Å²) < 4.78 is 26.3. The van der Waals surface area contributed by atoms with Crippen molar-refractivity contribution in [2.75, 3.05) is 36.0 Å². The van der Waals surface area contributed by atoms with Crippen molar-refractivity contribution < 1.29 is 13.6 Å². The minimum Gasteiger partial charge on any atom is -0.368 e. The van der Waals surface area contributed by atoms with Gasteiger partial charge in [0.2, 0.25) is 0 Å². The zero-order valence-electron chi connectivity index (χ0n) is 18.1. The molecule has 1 atom stereocenters. The fraction of sp³-hybridized carbons (Fsp3) is 0.269. The molecule has 3 aromatic rings. The Bertz CT molecular complexity index is 1050. The van der Waals surface area contributed by atoms with Gasteiger partial charge in [0.15, 0.2) is 0 Å². The van der Waals surface area contributed by atoms with Gasteiger partial charge < -0.3 is 15.1 Å². The zero-order valence-corrected chi connectivity index (χ0v) is 18.1. The third-order valence-corrected chi connectivity index (χ3v) is 5.93. The van der Waals surface area contributed by atoms with Crippen LogP contribution in [0.1, 0.15) is 35.3 Å². The molecule has 0 radical (unpaired) electrons. The van der Waals surface area contributed by atoms with Crippen LogP contribution >= 0.6 is 0 Å². The van der Waals surface area contributed by atoms with Gasteiger partial charge >= 0.3 is 0 Å². The molecule has 1 aliphatic heterocycles. The predicted molar refractivity (Wildman–Crippen MR) is 124 cm³/mol. The lowest BCUT2D eigenvalue weighted by atomic mass is 10.0. The van der Waals surface area contributed by atoms with E-state index in [4.69, 9.17) is 0 Å². The number of amides is 1. The summed E-state index contributed by atoms with van der Waals surface area (Å²) in [4.78, 5) is 17.2. The number of halogens is 2. The van der Waals surface area contributed by atoms with E-state index in [0.29, 0.717) is 5.56 Å². The van der Waals surface area contributed by atoms with Crippen LogP contribution in [0.4, 0.5) is 20.2 Å². The first-order chi connectivity index (χ1) is 15.5. The standard InChI is InChI=1S/C26H27F2N3O/c1-2-25(29-26(32)19-6-8-21(27)9-7-19)20-4-3-5-24(18-20)31-16-14-30(15-17-31)23-12-10-22(28)11-13-23/h3-13,18,25H,2,14-17H2,1H3,(H,29,32). The molecule has 0 spiro atoms. The van der Waals surface area contributed by atoms with Crippen molar-refractivity contribution in [3.63, 3.8) is 0 Å². The number of hydrogen-bond donors (Lipinski definition) is 1. The maximum absolute atomic E-state index is 13.2. The molecular weight excluding hydrogens is 408 g/mol. The summed E-state index contributed by atoms with van der Waals surface area (Å²) >= 11 is 0. The van der Waals surface area contributed by atoms with E-state index in [1.807, 2.05) is 31.2 Å². The molecule has 1 N–H and O–H groups in total. The minimum absolute atomic E-state index is 0.131. The van der Waals surface area contributed by atoms with Crippen LogP contribution in [0.25, 0.3) is 0 Å². The second-order valence-corrected chi connectivity index (χ2v) is 7.99. The van der Waals surface area contributed by atoms with Gasteiger partial charge in [0, 0.05) is 43.1 Å². The van der Waals surface area contributed by atoms with E-state index < -0.39 is 0 Å². The zero-order chi connectivity index (χ0) is 22.5. The quantitative estimate of drug-likeness (QED) is 0.580. The van der Waals surface area contributed by atoms with Gasteiger partial charge in [-0.3, -0.25) is 4.79 Å². The lowest BCUT2D eigenvalue weighted by Crippen LogP contribution is -2.46. The number of piperazine rings is 1. The number of anilines is 2. The Kier molecular flexibility index (Phi) is 6.69. The summed E-state index contributed by atoms with van der Waals surface area (Å²) in [7, 11) is 0. The number of nitrogens with one attached hydrogen (secondary N) is 1. The summed E-state index contributed by atoms with van der Waals surface area (Å²) in [5.74, 6) is -0.794. The smallest absolute Gasteiger partial charge is 0.251 e. The van der Waals surface area contributed by atoms with Crippen molar-refractivity contribution in [2.24, 2.45) is 0 Å². The average molecular weight is 436 g/mol. The Morgan fingerprint density at radius 2 is 1.41 bits per heavy atom. The number of nitrogens with zero attached hydrogens (tertiary/aromatic N) is 2. The van der Waals surface area contributed by atoms with Gasteiger partial charge in [-0.2, -0.15) is 0 Å². The fourth-order valence-corrected chi connectivity index (χ4v) is 4.08. The van der Waals surface area contributed by atoms with Crippen molar-refractivity contribution in [1.29, 1.82) is 0 Å². The van der Waals surface area contributed by atoms with Gasteiger partial charge in [-0.1, -0.05) is 19.1 Å². The van der Waals surface area contributed by atoms with Gasteiger partial charge in [0.05, 0.1) is 6.04 Å². The van der Waals surface area contributed by atoms with Gasteiger partial charge in [0.25, 0.3) is 5.91 Å². The molecule has 0 bridgehead atoms. The maximum atomic E-state index is 13.2. The van der Waals surface area contributed by atoms with Crippen LogP contribution in [0.5, 0.6) is 0 Å². The number of benzene rings is 3. The molecule has 4 rings (SSSR count). The number of carbonyl (C=O) groups excluding carboxylic acids is 1. The first kappa shape index (κ1) is 21.8. The van der Waals surface area contributed by atoms with E-state index in [-0.39, 0.29) is 23.6 Å². The van der Waals surface area contributed by atoms with Crippen LogP contribution in [0.2, 0.25) is 0 Å². The number of hydrogen-bond acceptors (Lipinski definition) is 3. The highest BCUT2D eigenvalue weighted by Gasteiger charge is 2.20. The number of carbonyl (C=O) groups is 1. The van der Waals surface area contributed by atoms with Crippen LogP contribution in [0.3, 0.4) is 0 Å². The topological polar surface area (TPSA) is 35.6 Å². The Balaban J connectivity index is 1.41. The van der Waals surface area contributed by atoms with E-state index in [1.54, 1.807) is 0 Å². The molecule has 166 valence electrons. The molecule has 1 heterocycles. The van der Waals surface area contributed by atoms with E-state index in [0.717, 1.165) is 49.5 Å². The van der Waals surface area contributed by atoms with Crippen molar-refractivity contribution in [3.05, 3.63) is 95.6 Å². The van der Waals surface area contributed by atoms with Crippen LogP contribution in [-0.4, -0.2) is 32.1 Å². The van der Waals surface area contributed by atoms with E-state index in [9.17, 15) is 13.6 Å². The van der Waals surface area contributed by atoms with Gasteiger partial charge in [-0.25, -0.2) is 8.78 Å². The van der Waals surface area contributed by atoms with Crippen molar-refractivity contribution in [2.45, 2.75) is 19.4 Å². The molecule has 6 heteroatoms. The van der Waals surface area contributed by atoms with Gasteiger partial charge in [-0.05, 0) is 72.6 Å². The first-order valence-electron chi connectivity index (χ1n) is 11.0. The second-order valence-electron chi connectivity index (χ2n) is 7.99. The SMILES string of the molecule is CCC(NC(=O)c1ccc(F)cc1)c1cccc(N2CCN(c3ccc(F)cc3)CC2)c1. The van der Waals surface area contributed by atoms with Crippen molar-refractivity contribution >= 4 is 17.3 Å². The van der Waals surface area contributed by atoms with Crippen LogP contribution in [-0.2, 0) is 0 Å². The Hall–Kier alpha value is -3.41. The van der Waals surface area contributed by atoms with Crippen LogP contribution in [0.15, 0.2) is 72.8 Å². The molecule has 1 amide bonds. The molecule has 1 aliphatic rings. The monoisotopic (exact) mass is 435 g/mol. The molecule has 1 unspecified atom stereocenters. The van der Waals surface area contributed by atoms with Crippen LogP contribution < -0.4 is 15.1 Å². The molecule has 0 aliphatic carbocycles. The minimum atomic E-state index is -0.360. The summed E-state index contributed by atoms with van der Waals surface area (Å²) in [5.41, 5.74) is 3.64. The molecular formula is C26H27F2N3O. The summed E-state index contributed by atoms with van der Waals surface area (Å²) in [5, 5.41) is 3.06. The number of rotatable bonds is 6. The Morgan fingerprint density at radius 3 is 2.00 bits per heavy atom. The maximum Gasteiger partial charge on any atom is 0.251 e. The highest BCUT2D eigenvalue weighted by molar-refractivity contribution is 5.94.